The zero-order chi connectivity index (χ0) is 25.5. The van der Waals surface area contributed by atoms with E-state index >= 15 is 0 Å². The van der Waals surface area contributed by atoms with Crippen LogP contribution in [0.3, 0.4) is 0 Å². The average molecular weight is 528 g/mol. The minimum absolute atomic E-state index is 0.0747. The molecule has 1 aromatic heterocycles. The van der Waals surface area contributed by atoms with Crippen molar-refractivity contribution in [2.75, 3.05) is 39.4 Å². The number of hydrogen-bond acceptors (Lipinski definition) is 5. The normalized spacial score (nSPS) is 14.5. The van der Waals surface area contributed by atoms with E-state index in [1.165, 1.54) is 6.08 Å². The fourth-order valence-corrected chi connectivity index (χ4v) is 4.21. The molecule has 188 valence electrons. The van der Waals surface area contributed by atoms with Gasteiger partial charge in [0.2, 0.25) is 0 Å². The number of benzene rings is 2. The summed E-state index contributed by atoms with van der Waals surface area (Å²) in [4.78, 5) is 28.1. The van der Waals surface area contributed by atoms with Crippen LogP contribution in [0.15, 0.2) is 64.7 Å². The van der Waals surface area contributed by atoms with Gasteiger partial charge in [0.05, 0.1) is 18.2 Å². The summed E-state index contributed by atoms with van der Waals surface area (Å²) in [7, 11) is 0. The molecule has 0 atom stereocenters. The van der Waals surface area contributed by atoms with E-state index in [2.05, 4.69) is 15.5 Å². The van der Waals surface area contributed by atoms with Gasteiger partial charge in [0, 0.05) is 48.4 Å². The fourth-order valence-electron chi connectivity index (χ4n) is 3.71. The maximum Gasteiger partial charge on any atom is 0.267 e. The quantitative estimate of drug-likeness (QED) is 0.412. The summed E-state index contributed by atoms with van der Waals surface area (Å²) in [6.07, 6.45) is 1.50. The van der Waals surface area contributed by atoms with E-state index in [0.29, 0.717) is 59.0 Å². The molecular weight excluding hydrogens is 501 g/mol. The second kappa shape index (κ2) is 12.2. The van der Waals surface area contributed by atoms with Crippen molar-refractivity contribution in [3.63, 3.8) is 0 Å². The zero-order valence-electron chi connectivity index (χ0n) is 19.9. The van der Waals surface area contributed by atoms with Gasteiger partial charge in [-0.3, -0.25) is 14.5 Å². The molecule has 7 nitrogen and oxygen atoms in total. The highest BCUT2D eigenvalue weighted by Crippen LogP contribution is 2.32. The topological polar surface area (TPSA) is 83.8 Å². The maximum absolute atomic E-state index is 13.1. The van der Waals surface area contributed by atoms with Crippen molar-refractivity contribution in [1.82, 2.24) is 15.5 Å². The predicted molar refractivity (Wildman–Crippen MR) is 141 cm³/mol. The van der Waals surface area contributed by atoms with Gasteiger partial charge in [0.1, 0.15) is 17.2 Å². The number of amides is 2. The van der Waals surface area contributed by atoms with Gasteiger partial charge in [-0.2, -0.15) is 0 Å². The molecule has 3 aromatic rings. The maximum atomic E-state index is 13.1. The molecule has 1 saturated heterocycles. The summed E-state index contributed by atoms with van der Waals surface area (Å²) in [6.45, 7) is 6.08. The van der Waals surface area contributed by atoms with Crippen LogP contribution in [0.25, 0.3) is 17.4 Å². The first kappa shape index (κ1) is 26.0. The molecule has 0 spiro atoms. The Bertz CT molecular complexity index is 1250. The monoisotopic (exact) mass is 527 g/mol. The molecule has 4 rings (SSSR count). The van der Waals surface area contributed by atoms with Crippen LogP contribution in [0.2, 0.25) is 10.0 Å². The number of hydrogen-bond donors (Lipinski definition) is 2. The Morgan fingerprint density at radius 2 is 1.78 bits per heavy atom. The lowest BCUT2D eigenvalue weighted by atomic mass is 10.1. The molecule has 2 amide bonds. The standard InChI is InChI=1S/C27H27Cl2N3O4/c1-18-2-4-19(5-3-18)26(33)31-24(27(34)30-10-11-32-12-14-35-15-13-32)17-21-7-9-25(36-21)22-8-6-20(28)16-23(22)29/h2-9,16-17H,10-15H2,1H3,(H,30,34)(H,31,33)/b24-17-. The van der Waals surface area contributed by atoms with Gasteiger partial charge < -0.3 is 19.8 Å². The van der Waals surface area contributed by atoms with Gasteiger partial charge in [0.15, 0.2) is 0 Å². The van der Waals surface area contributed by atoms with Gasteiger partial charge in [-0.25, -0.2) is 0 Å². The van der Waals surface area contributed by atoms with E-state index in [0.717, 1.165) is 18.7 Å². The van der Waals surface area contributed by atoms with Crippen molar-refractivity contribution in [3.05, 3.63) is 87.2 Å². The third kappa shape index (κ3) is 6.98. The predicted octanol–water partition coefficient (Wildman–Crippen LogP) is 4.78. The lowest BCUT2D eigenvalue weighted by molar-refractivity contribution is -0.117. The summed E-state index contributed by atoms with van der Waals surface area (Å²) >= 11 is 12.3. The Kier molecular flexibility index (Phi) is 8.83. The van der Waals surface area contributed by atoms with E-state index < -0.39 is 11.8 Å². The summed E-state index contributed by atoms with van der Waals surface area (Å²) in [5.41, 5.74) is 2.22. The van der Waals surface area contributed by atoms with Gasteiger partial charge in [-0.1, -0.05) is 40.9 Å². The Morgan fingerprint density at radius 1 is 1.03 bits per heavy atom. The molecular formula is C27H27Cl2N3O4. The van der Waals surface area contributed by atoms with E-state index in [1.807, 2.05) is 19.1 Å². The second-order valence-electron chi connectivity index (χ2n) is 8.41. The summed E-state index contributed by atoms with van der Waals surface area (Å²) < 4.78 is 11.3. The van der Waals surface area contributed by atoms with Crippen LogP contribution in [0.5, 0.6) is 0 Å². The smallest absolute Gasteiger partial charge is 0.267 e. The first-order valence-electron chi connectivity index (χ1n) is 11.6. The number of aryl methyl sites for hydroxylation is 1. The zero-order valence-corrected chi connectivity index (χ0v) is 21.4. The van der Waals surface area contributed by atoms with Gasteiger partial charge in [-0.15, -0.1) is 0 Å². The van der Waals surface area contributed by atoms with E-state index in [9.17, 15) is 9.59 Å². The Hall–Kier alpha value is -3.10. The highest BCUT2D eigenvalue weighted by molar-refractivity contribution is 6.36. The fraction of sp³-hybridized carbons (Fsp3) is 0.259. The SMILES string of the molecule is Cc1ccc(C(=O)N/C(=C\c2ccc(-c3ccc(Cl)cc3Cl)o2)C(=O)NCCN2CCOCC2)cc1. The largest absolute Gasteiger partial charge is 0.457 e. The minimum Gasteiger partial charge on any atom is -0.457 e. The lowest BCUT2D eigenvalue weighted by Crippen LogP contribution is -2.42. The van der Waals surface area contributed by atoms with Crippen molar-refractivity contribution in [2.45, 2.75) is 6.92 Å². The van der Waals surface area contributed by atoms with E-state index in [-0.39, 0.29) is 5.70 Å². The van der Waals surface area contributed by atoms with Crippen LogP contribution in [0.1, 0.15) is 21.7 Å². The summed E-state index contributed by atoms with van der Waals surface area (Å²) in [5.74, 6) is 0.0988. The van der Waals surface area contributed by atoms with Crippen molar-refractivity contribution >= 4 is 41.1 Å². The van der Waals surface area contributed by atoms with Crippen LogP contribution in [0, 0.1) is 6.92 Å². The number of nitrogens with zero attached hydrogens (tertiary/aromatic N) is 1. The number of carbonyl (C=O) groups excluding carboxylic acids is 2. The van der Waals surface area contributed by atoms with Crippen LogP contribution in [-0.4, -0.2) is 56.1 Å². The Labute approximate surface area is 220 Å². The third-order valence-corrected chi connectivity index (χ3v) is 6.28. The number of rotatable bonds is 8. The second-order valence-corrected chi connectivity index (χ2v) is 9.26. The van der Waals surface area contributed by atoms with Crippen molar-refractivity contribution in [3.8, 4) is 11.3 Å². The number of carbonyl (C=O) groups is 2. The first-order valence-corrected chi connectivity index (χ1v) is 12.4. The molecule has 0 bridgehead atoms. The third-order valence-electron chi connectivity index (χ3n) is 5.73. The number of furan rings is 1. The summed E-state index contributed by atoms with van der Waals surface area (Å²) in [6, 6.07) is 15.7. The Balaban J connectivity index is 1.52. The molecule has 0 unspecified atom stereocenters. The van der Waals surface area contributed by atoms with Crippen molar-refractivity contribution in [1.29, 1.82) is 0 Å². The first-order chi connectivity index (χ1) is 17.4. The molecule has 2 heterocycles. The molecule has 0 aliphatic carbocycles. The van der Waals surface area contributed by atoms with Crippen molar-refractivity contribution < 1.29 is 18.7 Å². The van der Waals surface area contributed by atoms with Crippen LogP contribution >= 0.6 is 23.2 Å². The van der Waals surface area contributed by atoms with Crippen LogP contribution in [-0.2, 0) is 9.53 Å². The van der Waals surface area contributed by atoms with E-state index in [1.54, 1.807) is 42.5 Å². The van der Waals surface area contributed by atoms with Crippen LogP contribution < -0.4 is 10.6 Å². The molecule has 2 N–H and O–H groups in total. The van der Waals surface area contributed by atoms with Gasteiger partial charge >= 0.3 is 0 Å². The minimum atomic E-state index is -0.411. The lowest BCUT2D eigenvalue weighted by Gasteiger charge is -2.26. The van der Waals surface area contributed by atoms with Crippen LogP contribution in [0.4, 0.5) is 0 Å². The number of morpholine rings is 1. The molecule has 1 fully saturated rings. The number of nitrogens with one attached hydrogen (secondary N) is 2. The van der Waals surface area contributed by atoms with Crippen molar-refractivity contribution in [2.24, 2.45) is 0 Å². The number of halogens is 2. The molecule has 0 radical (unpaired) electrons. The molecule has 9 heteroatoms. The average Bonchev–Trinajstić information content (AvgIpc) is 3.32. The molecule has 1 aliphatic heterocycles. The highest BCUT2D eigenvalue weighted by atomic mass is 35.5. The molecule has 0 saturated carbocycles. The highest BCUT2D eigenvalue weighted by Gasteiger charge is 2.17. The summed E-state index contributed by atoms with van der Waals surface area (Å²) in [5, 5.41) is 6.58. The van der Waals surface area contributed by atoms with Gasteiger partial charge in [0.25, 0.3) is 11.8 Å². The molecule has 2 aromatic carbocycles. The molecule has 36 heavy (non-hydrogen) atoms. The number of ether oxygens (including phenoxy) is 1. The molecule has 1 aliphatic rings. The van der Waals surface area contributed by atoms with E-state index in [4.69, 9.17) is 32.4 Å². The Morgan fingerprint density at radius 3 is 2.50 bits per heavy atom. The van der Waals surface area contributed by atoms with Gasteiger partial charge in [-0.05, 0) is 49.4 Å².